The molecule has 0 saturated carbocycles. The molecule has 0 atom stereocenters. The van der Waals surface area contributed by atoms with Crippen molar-refractivity contribution in [2.45, 2.75) is 162 Å². The molecule has 0 amide bonds. The lowest BCUT2D eigenvalue weighted by Crippen LogP contribution is -2.41. The van der Waals surface area contributed by atoms with E-state index in [1.54, 1.807) is 0 Å². The van der Waals surface area contributed by atoms with Crippen molar-refractivity contribution in [3.63, 3.8) is 0 Å². The number of hydrogen-bond acceptors (Lipinski definition) is 8. The highest BCUT2D eigenvalue weighted by molar-refractivity contribution is 5.68. The second kappa shape index (κ2) is 24.6. The fraction of sp³-hybridized carbons (Fsp3) is 0.935. The lowest BCUT2D eigenvalue weighted by Gasteiger charge is -2.29. The Bertz CT molecular complexity index is 549. The summed E-state index contributed by atoms with van der Waals surface area (Å²) in [5.74, 6) is 0.157. The van der Waals surface area contributed by atoms with Gasteiger partial charge in [0.25, 0.3) is 0 Å². The number of ether oxygens (including phenoxy) is 1. The standard InChI is InChI=1S/C31H59NO7/c1-5-28(6-2)36-38-30(33)21-17-13-9-11-15-19-27(32-23-26-24-35-25-26)20-16-12-10-14-18-22-31(34)39-37-29(7-3)8-4/h26-29,32H,5-25H2,1-4H3. The minimum Gasteiger partial charge on any atom is -0.381 e. The average Bonchev–Trinajstić information content (AvgIpc) is 2.91. The van der Waals surface area contributed by atoms with Crippen LogP contribution in [0, 0.1) is 5.92 Å². The van der Waals surface area contributed by atoms with Gasteiger partial charge >= 0.3 is 11.9 Å². The van der Waals surface area contributed by atoms with Crippen molar-refractivity contribution >= 4 is 11.9 Å². The van der Waals surface area contributed by atoms with Gasteiger partial charge in [-0.1, -0.05) is 79.1 Å². The highest BCUT2D eigenvalue weighted by Crippen LogP contribution is 2.17. The van der Waals surface area contributed by atoms with Crippen LogP contribution in [0.2, 0.25) is 0 Å². The first kappa shape index (κ1) is 35.8. The molecule has 1 aliphatic heterocycles. The lowest BCUT2D eigenvalue weighted by molar-refractivity contribution is -0.299. The van der Waals surface area contributed by atoms with Crippen LogP contribution in [-0.2, 0) is 33.9 Å². The Kier molecular flexibility index (Phi) is 22.6. The fourth-order valence-corrected chi connectivity index (χ4v) is 4.64. The van der Waals surface area contributed by atoms with Gasteiger partial charge in [-0.25, -0.2) is 9.59 Å². The summed E-state index contributed by atoms with van der Waals surface area (Å²) in [6.45, 7) is 10.9. The van der Waals surface area contributed by atoms with E-state index in [-0.39, 0.29) is 24.1 Å². The minimum absolute atomic E-state index is 0.00242. The molecule has 8 heteroatoms. The molecule has 0 spiro atoms. The second-order valence-corrected chi connectivity index (χ2v) is 11.1. The van der Waals surface area contributed by atoms with Crippen molar-refractivity contribution in [3.05, 3.63) is 0 Å². The predicted octanol–water partition coefficient (Wildman–Crippen LogP) is 7.38. The third kappa shape index (κ3) is 19.5. The lowest BCUT2D eigenvalue weighted by atomic mass is 9.99. The first-order chi connectivity index (χ1) is 19.0. The van der Waals surface area contributed by atoms with Crippen molar-refractivity contribution < 1.29 is 33.9 Å². The van der Waals surface area contributed by atoms with Gasteiger partial charge in [0, 0.05) is 31.3 Å². The quantitative estimate of drug-likeness (QED) is 0.0635. The molecular weight excluding hydrogens is 498 g/mol. The topological polar surface area (TPSA) is 92.3 Å². The van der Waals surface area contributed by atoms with Crippen LogP contribution in [0.5, 0.6) is 0 Å². The van der Waals surface area contributed by atoms with Crippen LogP contribution in [0.1, 0.15) is 143 Å². The third-order valence-corrected chi connectivity index (χ3v) is 7.64. The molecule has 1 N–H and O–H groups in total. The summed E-state index contributed by atoms with van der Waals surface area (Å²) in [6, 6.07) is 0.556. The zero-order valence-electron chi connectivity index (χ0n) is 25.5. The Morgan fingerprint density at radius 3 is 1.46 bits per heavy atom. The van der Waals surface area contributed by atoms with E-state index in [2.05, 4.69) is 5.32 Å². The van der Waals surface area contributed by atoms with E-state index in [1.807, 2.05) is 27.7 Å². The molecule has 0 aromatic carbocycles. The number of nitrogens with one attached hydrogen (secondary N) is 1. The molecule has 0 radical (unpaired) electrons. The monoisotopic (exact) mass is 557 g/mol. The Hall–Kier alpha value is -1.22. The third-order valence-electron chi connectivity index (χ3n) is 7.64. The van der Waals surface area contributed by atoms with E-state index in [0.717, 1.165) is 84.0 Å². The van der Waals surface area contributed by atoms with Gasteiger partial charge in [-0.2, -0.15) is 9.78 Å². The summed E-state index contributed by atoms with van der Waals surface area (Å²) in [5, 5.41) is 3.79. The summed E-state index contributed by atoms with van der Waals surface area (Å²) in [4.78, 5) is 43.8. The van der Waals surface area contributed by atoms with Crippen LogP contribution in [0.25, 0.3) is 0 Å². The maximum atomic E-state index is 11.8. The maximum absolute atomic E-state index is 11.8. The molecule has 0 unspecified atom stereocenters. The molecule has 1 aliphatic rings. The molecular formula is C31H59NO7. The Labute approximate surface area is 238 Å². The number of carbonyl (C=O) groups is 2. The van der Waals surface area contributed by atoms with E-state index in [4.69, 9.17) is 24.3 Å². The van der Waals surface area contributed by atoms with E-state index in [9.17, 15) is 9.59 Å². The van der Waals surface area contributed by atoms with Crippen LogP contribution in [0.4, 0.5) is 0 Å². The van der Waals surface area contributed by atoms with Crippen molar-refractivity contribution in [2.24, 2.45) is 5.92 Å². The zero-order chi connectivity index (χ0) is 28.6. The van der Waals surface area contributed by atoms with Crippen molar-refractivity contribution in [1.82, 2.24) is 5.32 Å². The SMILES string of the molecule is CCC(CC)OOC(=O)CCCCCCCC(CCCCCCCC(=O)OOC(CC)CC)NCC1COC1. The summed E-state index contributed by atoms with van der Waals surface area (Å²) in [7, 11) is 0. The Morgan fingerprint density at radius 2 is 1.08 bits per heavy atom. The predicted molar refractivity (Wildman–Crippen MR) is 154 cm³/mol. The van der Waals surface area contributed by atoms with Gasteiger partial charge in [0.2, 0.25) is 0 Å². The highest BCUT2D eigenvalue weighted by Gasteiger charge is 2.19. The zero-order valence-corrected chi connectivity index (χ0v) is 25.5. The number of carbonyl (C=O) groups excluding carboxylic acids is 2. The summed E-state index contributed by atoms with van der Waals surface area (Å²) < 4.78 is 5.33. The van der Waals surface area contributed by atoms with Crippen LogP contribution in [0.3, 0.4) is 0 Å². The minimum atomic E-state index is -0.253. The summed E-state index contributed by atoms with van der Waals surface area (Å²) in [6.07, 6.45) is 17.6. The Morgan fingerprint density at radius 1 is 0.667 bits per heavy atom. The van der Waals surface area contributed by atoms with Crippen molar-refractivity contribution in [2.75, 3.05) is 19.8 Å². The highest BCUT2D eigenvalue weighted by atomic mass is 17.2. The van der Waals surface area contributed by atoms with Crippen molar-refractivity contribution in [3.8, 4) is 0 Å². The van der Waals surface area contributed by atoms with Gasteiger partial charge in [0.05, 0.1) is 13.2 Å². The average molecular weight is 558 g/mol. The van der Waals surface area contributed by atoms with Gasteiger partial charge in [-0.15, -0.1) is 0 Å². The smallest absolute Gasteiger partial charge is 0.342 e. The maximum Gasteiger partial charge on any atom is 0.342 e. The first-order valence-corrected chi connectivity index (χ1v) is 16.1. The van der Waals surface area contributed by atoms with Gasteiger partial charge in [0.1, 0.15) is 12.2 Å². The summed E-state index contributed by atoms with van der Waals surface area (Å²) >= 11 is 0. The molecule has 1 saturated heterocycles. The van der Waals surface area contributed by atoms with Crippen LogP contribution in [-0.4, -0.2) is 49.9 Å². The van der Waals surface area contributed by atoms with E-state index in [0.29, 0.717) is 24.8 Å². The van der Waals surface area contributed by atoms with Crippen LogP contribution < -0.4 is 5.32 Å². The van der Waals surface area contributed by atoms with Gasteiger partial charge in [-0.05, 0) is 51.4 Å². The van der Waals surface area contributed by atoms with E-state index >= 15 is 0 Å². The molecule has 0 aliphatic carbocycles. The summed E-state index contributed by atoms with van der Waals surface area (Å²) in [5.41, 5.74) is 0. The van der Waals surface area contributed by atoms with Gasteiger partial charge < -0.3 is 10.1 Å². The van der Waals surface area contributed by atoms with Crippen LogP contribution >= 0.6 is 0 Å². The fourth-order valence-electron chi connectivity index (χ4n) is 4.64. The molecule has 1 heterocycles. The number of rotatable bonds is 27. The van der Waals surface area contributed by atoms with E-state index < -0.39 is 0 Å². The first-order valence-electron chi connectivity index (χ1n) is 16.1. The second-order valence-electron chi connectivity index (χ2n) is 11.1. The molecule has 1 rings (SSSR count). The number of hydrogen-bond donors (Lipinski definition) is 1. The molecule has 230 valence electrons. The largest absolute Gasteiger partial charge is 0.381 e. The Balaban J connectivity index is 2.09. The van der Waals surface area contributed by atoms with Crippen LogP contribution in [0.15, 0.2) is 0 Å². The normalized spacial score (nSPS) is 13.8. The van der Waals surface area contributed by atoms with Gasteiger partial charge in [-0.3, -0.25) is 9.78 Å². The number of unbranched alkanes of at least 4 members (excludes halogenated alkanes) is 8. The molecule has 0 bridgehead atoms. The van der Waals surface area contributed by atoms with Crippen molar-refractivity contribution in [1.29, 1.82) is 0 Å². The molecule has 0 aromatic heterocycles. The molecule has 8 nitrogen and oxygen atoms in total. The molecule has 0 aromatic rings. The van der Waals surface area contributed by atoms with Gasteiger partial charge in [0.15, 0.2) is 0 Å². The molecule has 1 fully saturated rings. The molecule has 39 heavy (non-hydrogen) atoms. The van der Waals surface area contributed by atoms with E-state index in [1.165, 1.54) is 38.5 Å².